The Labute approximate surface area is 144 Å². The van der Waals surface area contributed by atoms with Crippen LogP contribution in [0.4, 0.5) is 0 Å². The van der Waals surface area contributed by atoms with Gasteiger partial charge in [-0.15, -0.1) is 0 Å². The fourth-order valence-electron chi connectivity index (χ4n) is 2.76. The van der Waals surface area contributed by atoms with E-state index in [1.165, 1.54) is 0 Å². The molecule has 3 aromatic heterocycles. The highest BCUT2D eigenvalue weighted by molar-refractivity contribution is 6.07. The Kier molecular flexibility index (Phi) is 4.04. The Morgan fingerprint density at radius 3 is 2.64 bits per heavy atom. The van der Waals surface area contributed by atoms with Crippen molar-refractivity contribution in [2.24, 2.45) is 0 Å². The molecule has 1 aromatic carbocycles. The van der Waals surface area contributed by atoms with E-state index < -0.39 is 0 Å². The molecule has 0 unspecified atom stereocenters. The van der Waals surface area contributed by atoms with Crippen molar-refractivity contribution in [1.82, 2.24) is 10.3 Å². The van der Waals surface area contributed by atoms with Crippen molar-refractivity contribution in [2.75, 3.05) is 6.54 Å². The van der Waals surface area contributed by atoms with E-state index in [1.54, 1.807) is 24.7 Å². The Morgan fingerprint density at radius 1 is 1.00 bits per heavy atom. The maximum atomic E-state index is 12.7. The molecule has 0 spiro atoms. The maximum Gasteiger partial charge on any atom is 0.252 e. The van der Waals surface area contributed by atoms with Crippen molar-refractivity contribution in [3.63, 3.8) is 0 Å². The van der Waals surface area contributed by atoms with E-state index in [4.69, 9.17) is 8.83 Å². The summed E-state index contributed by atoms with van der Waals surface area (Å²) in [5.74, 6) is 1.34. The maximum absolute atomic E-state index is 12.7. The molecule has 0 aliphatic carbocycles. The van der Waals surface area contributed by atoms with Gasteiger partial charge < -0.3 is 14.2 Å². The monoisotopic (exact) mass is 332 g/mol. The van der Waals surface area contributed by atoms with Crippen LogP contribution < -0.4 is 5.32 Å². The van der Waals surface area contributed by atoms with Crippen LogP contribution in [0.25, 0.3) is 22.4 Å². The van der Waals surface area contributed by atoms with Gasteiger partial charge in [0, 0.05) is 18.4 Å². The number of fused-ring (bicyclic) bond motifs is 1. The minimum Gasteiger partial charge on any atom is -0.469 e. The van der Waals surface area contributed by atoms with Gasteiger partial charge in [-0.05, 0) is 36.4 Å². The van der Waals surface area contributed by atoms with Crippen LogP contribution in [0.15, 0.2) is 76.0 Å². The van der Waals surface area contributed by atoms with Crippen molar-refractivity contribution >= 4 is 16.8 Å². The number of para-hydroxylation sites is 1. The number of nitrogens with zero attached hydrogens (tertiary/aromatic N) is 1. The normalized spacial score (nSPS) is 10.9. The molecule has 0 fully saturated rings. The zero-order valence-electron chi connectivity index (χ0n) is 13.4. The van der Waals surface area contributed by atoms with Crippen molar-refractivity contribution in [1.29, 1.82) is 0 Å². The van der Waals surface area contributed by atoms with Crippen molar-refractivity contribution in [3.8, 4) is 11.5 Å². The largest absolute Gasteiger partial charge is 0.469 e. The topological polar surface area (TPSA) is 68.3 Å². The molecule has 0 radical (unpaired) electrons. The lowest BCUT2D eigenvalue weighted by Crippen LogP contribution is -2.26. The SMILES string of the molecule is O=C(NCCc1ccco1)c1cc(-c2ccco2)nc2ccccc12. The van der Waals surface area contributed by atoms with E-state index in [1.807, 2.05) is 42.5 Å². The van der Waals surface area contributed by atoms with Crippen molar-refractivity contribution in [3.05, 3.63) is 78.4 Å². The Bertz CT molecular complexity index is 989. The zero-order chi connectivity index (χ0) is 17.1. The summed E-state index contributed by atoms with van der Waals surface area (Å²) in [7, 11) is 0. The number of amides is 1. The number of hydrogen-bond donors (Lipinski definition) is 1. The summed E-state index contributed by atoms with van der Waals surface area (Å²) in [4.78, 5) is 17.3. The standard InChI is InChI=1S/C20H16N2O3/c23-20(21-10-9-14-5-3-11-24-14)16-13-18(19-8-4-12-25-19)22-17-7-2-1-6-15(16)17/h1-8,11-13H,9-10H2,(H,21,23). The van der Waals surface area contributed by atoms with Gasteiger partial charge in [0.1, 0.15) is 11.5 Å². The number of carbonyl (C=O) groups is 1. The highest BCUT2D eigenvalue weighted by atomic mass is 16.3. The second-order valence-corrected chi connectivity index (χ2v) is 5.63. The minimum absolute atomic E-state index is 0.141. The molecule has 124 valence electrons. The van der Waals surface area contributed by atoms with Gasteiger partial charge in [0.15, 0.2) is 5.76 Å². The number of carbonyl (C=O) groups excluding carboxylic acids is 1. The van der Waals surface area contributed by atoms with E-state index in [0.717, 1.165) is 16.7 Å². The number of pyridine rings is 1. The molecule has 25 heavy (non-hydrogen) atoms. The first kappa shape index (κ1) is 15.2. The first-order valence-electron chi connectivity index (χ1n) is 8.05. The summed E-state index contributed by atoms with van der Waals surface area (Å²) in [6.07, 6.45) is 3.87. The molecule has 1 N–H and O–H groups in total. The summed E-state index contributed by atoms with van der Waals surface area (Å²) in [5, 5.41) is 3.76. The van der Waals surface area contributed by atoms with E-state index in [9.17, 15) is 4.79 Å². The summed E-state index contributed by atoms with van der Waals surface area (Å²) < 4.78 is 10.7. The van der Waals surface area contributed by atoms with Gasteiger partial charge in [-0.2, -0.15) is 0 Å². The average Bonchev–Trinajstić information content (AvgIpc) is 3.34. The smallest absolute Gasteiger partial charge is 0.252 e. The third-order valence-corrected chi connectivity index (χ3v) is 3.97. The fourth-order valence-corrected chi connectivity index (χ4v) is 2.76. The second kappa shape index (κ2) is 6.65. The van der Waals surface area contributed by atoms with Gasteiger partial charge >= 0.3 is 0 Å². The molecule has 5 heteroatoms. The van der Waals surface area contributed by atoms with Crippen LogP contribution in [0.3, 0.4) is 0 Å². The first-order chi connectivity index (χ1) is 12.3. The highest BCUT2D eigenvalue weighted by Crippen LogP contribution is 2.25. The van der Waals surface area contributed by atoms with Crippen LogP contribution >= 0.6 is 0 Å². The molecule has 0 aliphatic heterocycles. The second-order valence-electron chi connectivity index (χ2n) is 5.63. The summed E-state index contributed by atoms with van der Waals surface area (Å²) in [6.45, 7) is 0.499. The third-order valence-electron chi connectivity index (χ3n) is 3.97. The van der Waals surface area contributed by atoms with Crippen LogP contribution in [0, 0.1) is 0 Å². The predicted octanol–water partition coefficient (Wildman–Crippen LogP) is 4.06. The lowest BCUT2D eigenvalue weighted by Gasteiger charge is -2.09. The van der Waals surface area contributed by atoms with Gasteiger partial charge in [-0.25, -0.2) is 4.98 Å². The zero-order valence-corrected chi connectivity index (χ0v) is 13.4. The fraction of sp³-hybridized carbons (Fsp3) is 0.100. The lowest BCUT2D eigenvalue weighted by atomic mass is 10.1. The summed E-state index contributed by atoms with van der Waals surface area (Å²) in [6, 6.07) is 16.7. The van der Waals surface area contributed by atoms with Crippen LogP contribution in [0.1, 0.15) is 16.1 Å². The Balaban J connectivity index is 1.63. The van der Waals surface area contributed by atoms with Crippen molar-refractivity contribution < 1.29 is 13.6 Å². The van der Waals surface area contributed by atoms with Gasteiger partial charge in [0.05, 0.1) is 23.6 Å². The first-order valence-corrected chi connectivity index (χ1v) is 8.05. The molecular formula is C20H16N2O3. The Morgan fingerprint density at radius 2 is 1.84 bits per heavy atom. The van der Waals surface area contributed by atoms with E-state index in [-0.39, 0.29) is 5.91 Å². The molecule has 0 aliphatic rings. The van der Waals surface area contributed by atoms with Crippen LogP contribution in [0.2, 0.25) is 0 Å². The molecule has 1 amide bonds. The number of furan rings is 2. The molecule has 4 rings (SSSR count). The number of benzene rings is 1. The molecule has 0 saturated heterocycles. The van der Waals surface area contributed by atoms with Crippen LogP contribution in [-0.2, 0) is 6.42 Å². The molecule has 0 atom stereocenters. The third kappa shape index (κ3) is 3.17. The number of hydrogen-bond acceptors (Lipinski definition) is 4. The summed E-state index contributed by atoms with van der Waals surface area (Å²) in [5.41, 5.74) is 1.98. The number of aromatic nitrogens is 1. The van der Waals surface area contributed by atoms with E-state index >= 15 is 0 Å². The van der Waals surface area contributed by atoms with E-state index in [2.05, 4.69) is 10.3 Å². The molecular weight excluding hydrogens is 316 g/mol. The Hall–Kier alpha value is -3.34. The molecule has 4 aromatic rings. The number of nitrogens with one attached hydrogen (secondary N) is 1. The van der Waals surface area contributed by atoms with Gasteiger partial charge in [0.25, 0.3) is 5.91 Å². The van der Waals surface area contributed by atoms with Crippen LogP contribution in [-0.4, -0.2) is 17.4 Å². The van der Waals surface area contributed by atoms with Crippen molar-refractivity contribution in [2.45, 2.75) is 6.42 Å². The van der Waals surface area contributed by atoms with E-state index in [0.29, 0.717) is 30.0 Å². The lowest BCUT2D eigenvalue weighted by molar-refractivity contribution is 0.0955. The molecule has 5 nitrogen and oxygen atoms in total. The summed E-state index contributed by atoms with van der Waals surface area (Å²) >= 11 is 0. The highest BCUT2D eigenvalue weighted by Gasteiger charge is 2.14. The van der Waals surface area contributed by atoms with Gasteiger partial charge in [0.2, 0.25) is 0 Å². The number of rotatable bonds is 5. The molecule has 0 bridgehead atoms. The average molecular weight is 332 g/mol. The molecule has 0 saturated carbocycles. The predicted molar refractivity (Wildman–Crippen MR) is 94.2 cm³/mol. The molecule has 3 heterocycles. The van der Waals surface area contributed by atoms with Crippen LogP contribution in [0.5, 0.6) is 0 Å². The minimum atomic E-state index is -0.141. The van der Waals surface area contributed by atoms with Gasteiger partial charge in [-0.1, -0.05) is 18.2 Å². The van der Waals surface area contributed by atoms with Gasteiger partial charge in [-0.3, -0.25) is 4.79 Å². The quantitative estimate of drug-likeness (QED) is 0.598.